The smallest absolute Gasteiger partial charge is 0.234 e. The number of fused-ring (bicyclic) bond motifs is 1. The zero-order chi connectivity index (χ0) is 19.4. The third-order valence-electron chi connectivity index (χ3n) is 4.28. The van der Waals surface area contributed by atoms with Crippen molar-refractivity contribution in [3.63, 3.8) is 0 Å². The van der Waals surface area contributed by atoms with Crippen LogP contribution in [0.4, 0.5) is 0 Å². The van der Waals surface area contributed by atoms with E-state index in [0.717, 1.165) is 22.6 Å². The largest absolute Gasteiger partial charge is 0.486 e. The van der Waals surface area contributed by atoms with Gasteiger partial charge in [0.05, 0.1) is 12.6 Å². The normalized spacial score (nSPS) is 14.1. The number of nitrogens with zero attached hydrogens (tertiary/aromatic N) is 1. The Kier molecular flexibility index (Phi) is 6.47. The maximum atomic E-state index is 12.4. The first-order valence-corrected chi connectivity index (χ1v) is 9.49. The van der Waals surface area contributed by atoms with Crippen LogP contribution in [0.25, 0.3) is 0 Å². The molecule has 1 N–H and O–H groups in total. The molecule has 0 radical (unpaired) electrons. The van der Waals surface area contributed by atoms with Gasteiger partial charge in [-0.05, 0) is 49.4 Å². The molecule has 3 rings (SSSR count). The van der Waals surface area contributed by atoms with Gasteiger partial charge < -0.3 is 14.8 Å². The molecule has 1 heterocycles. The number of hydrogen-bond donors (Lipinski definition) is 1. The fraction of sp³-hybridized carbons (Fsp3) is 0.350. The quantitative estimate of drug-likeness (QED) is 0.782. The van der Waals surface area contributed by atoms with Crippen molar-refractivity contribution in [2.24, 2.45) is 0 Å². The number of carbonyl (C=O) groups excluding carboxylic acids is 1. The molecule has 27 heavy (non-hydrogen) atoms. The summed E-state index contributed by atoms with van der Waals surface area (Å²) in [4.78, 5) is 14.3. The molecule has 0 saturated heterocycles. The van der Waals surface area contributed by atoms with Crippen LogP contribution < -0.4 is 14.8 Å². The second-order valence-corrected chi connectivity index (χ2v) is 7.45. The Morgan fingerprint density at radius 3 is 2.63 bits per heavy atom. The maximum absolute atomic E-state index is 12.4. The summed E-state index contributed by atoms with van der Waals surface area (Å²) in [5.74, 6) is 1.44. The molecule has 1 amide bonds. The molecule has 144 valence electrons. The Bertz CT molecular complexity index is 829. The third kappa shape index (κ3) is 5.28. The molecule has 0 aromatic heterocycles. The van der Waals surface area contributed by atoms with Crippen LogP contribution >= 0.6 is 23.2 Å². The van der Waals surface area contributed by atoms with Gasteiger partial charge in [-0.2, -0.15) is 0 Å². The van der Waals surface area contributed by atoms with Crippen LogP contribution in [0.5, 0.6) is 11.5 Å². The molecule has 1 unspecified atom stereocenters. The van der Waals surface area contributed by atoms with E-state index in [-0.39, 0.29) is 18.5 Å². The van der Waals surface area contributed by atoms with E-state index in [2.05, 4.69) is 5.32 Å². The maximum Gasteiger partial charge on any atom is 0.234 e. The molecule has 0 fully saturated rings. The number of carbonyl (C=O) groups is 1. The molecule has 1 aliphatic heterocycles. The second-order valence-electron chi connectivity index (χ2n) is 6.61. The van der Waals surface area contributed by atoms with E-state index in [1.807, 2.05) is 43.1 Å². The van der Waals surface area contributed by atoms with E-state index in [1.54, 1.807) is 12.1 Å². The van der Waals surface area contributed by atoms with Gasteiger partial charge in [-0.3, -0.25) is 9.69 Å². The zero-order valence-corrected chi connectivity index (χ0v) is 16.8. The lowest BCUT2D eigenvalue weighted by Gasteiger charge is -2.22. The van der Waals surface area contributed by atoms with Crippen LogP contribution in [-0.4, -0.2) is 37.6 Å². The van der Waals surface area contributed by atoms with Crippen molar-refractivity contribution in [2.45, 2.75) is 19.5 Å². The molecule has 7 heteroatoms. The van der Waals surface area contributed by atoms with Gasteiger partial charge >= 0.3 is 0 Å². The van der Waals surface area contributed by atoms with Gasteiger partial charge in [0.15, 0.2) is 11.5 Å². The van der Waals surface area contributed by atoms with E-state index in [1.165, 1.54) is 0 Å². The van der Waals surface area contributed by atoms with Gasteiger partial charge in [-0.1, -0.05) is 35.3 Å². The summed E-state index contributed by atoms with van der Waals surface area (Å²) in [5, 5.41) is 4.08. The summed E-state index contributed by atoms with van der Waals surface area (Å²) >= 11 is 12.1. The molecule has 2 aromatic carbocycles. The van der Waals surface area contributed by atoms with Crippen LogP contribution in [-0.2, 0) is 11.3 Å². The highest BCUT2D eigenvalue weighted by molar-refractivity contribution is 6.35. The van der Waals surface area contributed by atoms with Crippen LogP contribution in [0.15, 0.2) is 36.4 Å². The first kappa shape index (κ1) is 19.8. The highest BCUT2D eigenvalue weighted by Gasteiger charge is 2.16. The predicted octanol–water partition coefficient (Wildman–Crippen LogP) is 4.07. The average Bonchev–Trinajstić information content (AvgIpc) is 2.61. The minimum absolute atomic E-state index is 0.0754. The minimum Gasteiger partial charge on any atom is -0.486 e. The summed E-state index contributed by atoms with van der Waals surface area (Å²) in [7, 11) is 1.90. The number of halogens is 2. The fourth-order valence-electron chi connectivity index (χ4n) is 3.02. The Morgan fingerprint density at radius 1 is 1.15 bits per heavy atom. The number of benzene rings is 2. The second kappa shape index (κ2) is 8.83. The van der Waals surface area contributed by atoms with E-state index < -0.39 is 0 Å². The Labute approximate surface area is 169 Å². The number of amides is 1. The molecule has 1 aliphatic rings. The molecular formula is C20H22Cl2N2O3. The highest BCUT2D eigenvalue weighted by Crippen LogP contribution is 2.31. The summed E-state index contributed by atoms with van der Waals surface area (Å²) in [5.41, 5.74) is 1.90. The first-order chi connectivity index (χ1) is 12.9. The Balaban J connectivity index is 1.54. The van der Waals surface area contributed by atoms with Crippen molar-refractivity contribution in [3.8, 4) is 11.5 Å². The summed E-state index contributed by atoms with van der Waals surface area (Å²) in [6.45, 7) is 3.92. The molecular weight excluding hydrogens is 387 g/mol. The van der Waals surface area contributed by atoms with Crippen LogP contribution in [0.3, 0.4) is 0 Å². The third-order valence-corrected chi connectivity index (χ3v) is 4.84. The number of nitrogens with one attached hydrogen (secondary N) is 1. The lowest BCUT2D eigenvalue weighted by molar-refractivity contribution is -0.122. The fourth-order valence-corrected chi connectivity index (χ4v) is 3.59. The van der Waals surface area contributed by atoms with Gasteiger partial charge in [0, 0.05) is 16.6 Å². The number of rotatable bonds is 6. The zero-order valence-electron chi connectivity index (χ0n) is 15.3. The van der Waals surface area contributed by atoms with Gasteiger partial charge in [0.2, 0.25) is 5.91 Å². The standard InChI is InChI=1S/C20H22Cl2N2O3/c1-13(16-5-4-15(21)10-17(16)22)23-20(25)12-24(2)11-14-3-6-18-19(9-14)27-8-7-26-18/h3-6,9-10,13H,7-8,11-12H2,1-2H3,(H,23,25). The van der Waals surface area contributed by atoms with Crippen molar-refractivity contribution in [3.05, 3.63) is 57.6 Å². The van der Waals surface area contributed by atoms with E-state index in [4.69, 9.17) is 32.7 Å². The molecule has 0 saturated carbocycles. The van der Waals surface area contributed by atoms with Gasteiger partial charge in [-0.15, -0.1) is 0 Å². The highest BCUT2D eigenvalue weighted by atomic mass is 35.5. The Hall–Kier alpha value is -1.95. The number of ether oxygens (including phenoxy) is 2. The summed E-state index contributed by atoms with van der Waals surface area (Å²) in [6.07, 6.45) is 0. The first-order valence-electron chi connectivity index (χ1n) is 8.74. The van der Waals surface area contributed by atoms with Crippen molar-refractivity contribution in [2.75, 3.05) is 26.8 Å². The van der Waals surface area contributed by atoms with Gasteiger partial charge in [0.1, 0.15) is 13.2 Å². The molecule has 5 nitrogen and oxygen atoms in total. The SMILES string of the molecule is CC(NC(=O)CN(C)Cc1ccc2c(c1)OCCO2)c1ccc(Cl)cc1Cl. The minimum atomic E-state index is -0.204. The molecule has 1 atom stereocenters. The van der Waals surface area contributed by atoms with Crippen molar-refractivity contribution in [1.29, 1.82) is 0 Å². The number of hydrogen-bond acceptors (Lipinski definition) is 4. The van der Waals surface area contributed by atoms with Gasteiger partial charge in [-0.25, -0.2) is 0 Å². The topological polar surface area (TPSA) is 50.8 Å². The summed E-state index contributed by atoms with van der Waals surface area (Å²) in [6, 6.07) is 10.9. The molecule has 0 bridgehead atoms. The van der Waals surface area contributed by atoms with Crippen molar-refractivity contribution < 1.29 is 14.3 Å². The van der Waals surface area contributed by atoms with Crippen molar-refractivity contribution in [1.82, 2.24) is 10.2 Å². The van der Waals surface area contributed by atoms with Crippen LogP contribution in [0, 0.1) is 0 Å². The monoisotopic (exact) mass is 408 g/mol. The Morgan fingerprint density at radius 2 is 1.89 bits per heavy atom. The average molecular weight is 409 g/mol. The van der Waals surface area contributed by atoms with Crippen LogP contribution in [0.1, 0.15) is 24.1 Å². The summed E-state index contributed by atoms with van der Waals surface area (Å²) < 4.78 is 11.1. The van der Waals surface area contributed by atoms with Crippen LogP contribution in [0.2, 0.25) is 10.0 Å². The van der Waals surface area contributed by atoms with Crippen molar-refractivity contribution >= 4 is 29.1 Å². The number of likely N-dealkylation sites (N-methyl/N-ethyl adjacent to an activating group) is 1. The van der Waals surface area contributed by atoms with E-state index in [9.17, 15) is 4.79 Å². The van der Waals surface area contributed by atoms with E-state index in [0.29, 0.717) is 29.8 Å². The lowest BCUT2D eigenvalue weighted by Crippen LogP contribution is -2.36. The predicted molar refractivity (Wildman–Crippen MR) is 107 cm³/mol. The molecule has 0 spiro atoms. The lowest BCUT2D eigenvalue weighted by atomic mass is 10.1. The molecule has 2 aromatic rings. The van der Waals surface area contributed by atoms with E-state index >= 15 is 0 Å². The molecule has 0 aliphatic carbocycles. The van der Waals surface area contributed by atoms with Gasteiger partial charge in [0.25, 0.3) is 0 Å².